The molecule has 2 rings (SSSR count). The first kappa shape index (κ1) is 30.3. The molecule has 33 heavy (non-hydrogen) atoms. The largest absolute Gasteiger partial charge is 0.478 e. The average Bonchev–Trinajstić information content (AvgIpc) is 2.82. The lowest BCUT2D eigenvalue weighted by Gasteiger charge is -2.18. The molecule has 2 aromatic rings. The second-order valence-corrected chi connectivity index (χ2v) is 7.93. The van der Waals surface area contributed by atoms with E-state index in [0.717, 1.165) is 31.6 Å². The van der Waals surface area contributed by atoms with Gasteiger partial charge in [0.1, 0.15) is 0 Å². The average molecular weight is 461 g/mol. The Balaban J connectivity index is 0.000000489. The summed E-state index contributed by atoms with van der Waals surface area (Å²) in [5.74, 6) is -1.02. The standard InChI is InChI=1S/C13H28O2.2C7H6O2/c1-4-7-12(14)10-13(15)9-8-11(5-2)6-3;2*8-7(9)6-4-2-1-3-5-6/h11-15H,4-10H2,1-3H3;2*1-5H,(H,8,9). The molecule has 2 unspecified atom stereocenters. The summed E-state index contributed by atoms with van der Waals surface area (Å²) in [6.45, 7) is 6.46. The van der Waals surface area contributed by atoms with Crippen LogP contribution in [0.4, 0.5) is 0 Å². The van der Waals surface area contributed by atoms with Gasteiger partial charge in [0.05, 0.1) is 23.3 Å². The van der Waals surface area contributed by atoms with Gasteiger partial charge in [-0.25, -0.2) is 9.59 Å². The summed E-state index contributed by atoms with van der Waals surface area (Å²) in [4.78, 5) is 20.4. The molecule has 0 aliphatic carbocycles. The summed E-state index contributed by atoms with van der Waals surface area (Å²) in [5.41, 5.74) is 0.662. The van der Waals surface area contributed by atoms with Crippen LogP contribution in [-0.4, -0.2) is 44.6 Å². The van der Waals surface area contributed by atoms with Crippen LogP contribution in [-0.2, 0) is 0 Å². The van der Waals surface area contributed by atoms with Gasteiger partial charge in [-0.1, -0.05) is 76.4 Å². The molecule has 6 nitrogen and oxygen atoms in total. The van der Waals surface area contributed by atoms with Crippen LogP contribution in [0.5, 0.6) is 0 Å². The summed E-state index contributed by atoms with van der Waals surface area (Å²) in [6, 6.07) is 16.6. The fourth-order valence-electron chi connectivity index (χ4n) is 3.17. The maximum atomic E-state index is 10.2. The van der Waals surface area contributed by atoms with E-state index in [4.69, 9.17) is 10.2 Å². The van der Waals surface area contributed by atoms with E-state index in [1.54, 1.807) is 60.7 Å². The van der Waals surface area contributed by atoms with Crippen molar-refractivity contribution >= 4 is 11.9 Å². The maximum absolute atomic E-state index is 10.2. The molecule has 0 aromatic heterocycles. The number of rotatable bonds is 11. The van der Waals surface area contributed by atoms with Crippen LogP contribution >= 0.6 is 0 Å². The molecule has 2 aromatic carbocycles. The van der Waals surface area contributed by atoms with E-state index in [0.29, 0.717) is 17.5 Å². The minimum Gasteiger partial charge on any atom is -0.478 e. The highest BCUT2D eigenvalue weighted by Crippen LogP contribution is 2.18. The zero-order chi connectivity index (χ0) is 25.1. The highest BCUT2D eigenvalue weighted by atomic mass is 16.4. The zero-order valence-electron chi connectivity index (χ0n) is 20.1. The minimum absolute atomic E-state index is 0.313. The molecule has 0 spiro atoms. The molecule has 0 aliphatic heterocycles. The van der Waals surface area contributed by atoms with Crippen molar-refractivity contribution in [3.05, 3.63) is 71.8 Å². The lowest BCUT2D eigenvalue weighted by molar-refractivity contribution is 0.0663. The number of aromatic carboxylic acids is 2. The highest BCUT2D eigenvalue weighted by molar-refractivity contribution is 5.87. The molecule has 4 N–H and O–H groups in total. The van der Waals surface area contributed by atoms with Crippen molar-refractivity contribution in [3.8, 4) is 0 Å². The fraction of sp³-hybridized carbons (Fsp3) is 0.481. The van der Waals surface area contributed by atoms with Gasteiger partial charge >= 0.3 is 11.9 Å². The van der Waals surface area contributed by atoms with Gasteiger partial charge in [0, 0.05) is 0 Å². The number of carbonyl (C=O) groups is 2. The summed E-state index contributed by atoms with van der Waals surface area (Å²) in [5, 5.41) is 36.0. The van der Waals surface area contributed by atoms with Crippen LogP contribution < -0.4 is 0 Å². The molecule has 0 saturated heterocycles. The normalized spacial score (nSPS) is 11.9. The minimum atomic E-state index is -0.879. The Kier molecular flexibility index (Phi) is 17.3. The third-order valence-corrected chi connectivity index (χ3v) is 5.27. The number of hydrogen-bond acceptors (Lipinski definition) is 4. The van der Waals surface area contributed by atoms with E-state index in [9.17, 15) is 19.8 Å². The first-order valence-corrected chi connectivity index (χ1v) is 11.7. The van der Waals surface area contributed by atoms with Crippen molar-refractivity contribution in [1.29, 1.82) is 0 Å². The zero-order valence-corrected chi connectivity index (χ0v) is 20.1. The molecule has 2 atom stereocenters. The van der Waals surface area contributed by atoms with E-state index >= 15 is 0 Å². The smallest absolute Gasteiger partial charge is 0.335 e. The summed E-state index contributed by atoms with van der Waals surface area (Å²) < 4.78 is 0. The van der Waals surface area contributed by atoms with Crippen molar-refractivity contribution in [2.24, 2.45) is 5.92 Å². The second kappa shape index (κ2) is 18.8. The summed E-state index contributed by atoms with van der Waals surface area (Å²) in [6.07, 6.45) is 6.04. The van der Waals surface area contributed by atoms with Gasteiger partial charge in [0.2, 0.25) is 0 Å². The summed E-state index contributed by atoms with van der Waals surface area (Å²) >= 11 is 0. The first-order chi connectivity index (χ1) is 15.7. The van der Waals surface area contributed by atoms with E-state index in [1.165, 1.54) is 12.8 Å². The molecule has 0 heterocycles. The van der Waals surface area contributed by atoms with E-state index in [1.807, 2.05) is 0 Å². The molecule has 0 fully saturated rings. The van der Waals surface area contributed by atoms with Gasteiger partial charge in [0.25, 0.3) is 0 Å². The Bertz CT molecular complexity index is 694. The number of hydrogen-bond donors (Lipinski definition) is 4. The van der Waals surface area contributed by atoms with Crippen molar-refractivity contribution in [1.82, 2.24) is 0 Å². The van der Waals surface area contributed by atoms with Crippen LogP contribution in [0.1, 0.15) is 86.4 Å². The second-order valence-electron chi connectivity index (χ2n) is 7.93. The summed E-state index contributed by atoms with van der Waals surface area (Å²) in [7, 11) is 0. The number of aliphatic hydroxyl groups is 2. The Morgan fingerprint density at radius 3 is 1.36 bits per heavy atom. The van der Waals surface area contributed by atoms with E-state index in [-0.39, 0.29) is 12.2 Å². The van der Waals surface area contributed by atoms with Crippen LogP contribution in [0, 0.1) is 5.92 Å². The topological polar surface area (TPSA) is 115 Å². The number of carboxylic acid groups (broad SMARTS) is 2. The van der Waals surface area contributed by atoms with Crippen LogP contribution in [0.25, 0.3) is 0 Å². The molecule has 0 bridgehead atoms. The molecule has 0 radical (unpaired) electrons. The molecular weight excluding hydrogens is 420 g/mol. The molecule has 0 saturated carbocycles. The highest BCUT2D eigenvalue weighted by Gasteiger charge is 2.13. The van der Waals surface area contributed by atoms with Crippen LogP contribution in [0.2, 0.25) is 0 Å². The molecule has 6 heteroatoms. The third-order valence-electron chi connectivity index (χ3n) is 5.27. The molecule has 0 amide bonds. The fourth-order valence-corrected chi connectivity index (χ4v) is 3.17. The molecule has 184 valence electrons. The third kappa shape index (κ3) is 15.7. The van der Waals surface area contributed by atoms with Gasteiger partial charge in [-0.2, -0.15) is 0 Å². The van der Waals surface area contributed by atoms with Gasteiger partial charge in [-0.3, -0.25) is 0 Å². The van der Waals surface area contributed by atoms with E-state index < -0.39 is 11.9 Å². The Morgan fingerprint density at radius 2 is 1.06 bits per heavy atom. The predicted molar refractivity (Wildman–Crippen MR) is 132 cm³/mol. The molecule has 0 aliphatic rings. The van der Waals surface area contributed by atoms with Crippen LogP contribution in [0.15, 0.2) is 60.7 Å². The van der Waals surface area contributed by atoms with E-state index in [2.05, 4.69) is 20.8 Å². The lowest BCUT2D eigenvalue weighted by atomic mass is 9.94. The van der Waals surface area contributed by atoms with Crippen molar-refractivity contribution in [3.63, 3.8) is 0 Å². The number of aliphatic hydroxyl groups excluding tert-OH is 2. The SMILES string of the molecule is CCCC(O)CC(O)CCC(CC)CC.O=C(O)c1ccccc1.O=C(O)c1ccccc1. The van der Waals surface area contributed by atoms with Gasteiger partial charge < -0.3 is 20.4 Å². The van der Waals surface area contributed by atoms with Gasteiger partial charge in [-0.05, 0) is 55.9 Å². The van der Waals surface area contributed by atoms with Gasteiger partial charge in [-0.15, -0.1) is 0 Å². The quantitative estimate of drug-likeness (QED) is 0.333. The van der Waals surface area contributed by atoms with Crippen LogP contribution in [0.3, 0.4) is 0 Å². The number of carboxylic acids is 2. The monoisotopic (exact) mass is 460 g/mol. The molecular formula is C27H40O6. The first-order valence-electron chi connectivity index (χ1n) is 11.7. The maximum Gasteiger partial charge on any atom is 0.335 e. The van der Waals surface area contributed by atoms with Crippen molar-refractivity contribution in [2.45, 2.75) is 77.9 Å². The Morgan fingerprint density at radius 1 is 0.667 bits per heavy atom. The number of benzene rings is 2. The lowest BCUT2D eigenvalue weighted by Crippen LogP contribution is -2.18. The van der Waals surface area contributed by atoms with Crippen molar-refractivity contribution < 1.29 is 30.0 Å². The predicted octanol–water partition coefficient (Wildman–Crippen LogP) is 5.88. The Labute approximate surface area is 197 Å². The Hall–Kier alpha value is -2.70. The van der Waals surface area contributed by atoms with Gasteiger partial charge in [0.15, 0.2) is 0 Å². The van der Waals surface area contributed by atoms with Crippen molar-refractivity contribution in [2.75, 3.05) is 0 Å².